The highest BCUT2D eigenvalue weighted by Gasteiger charge is 2.17. The number of hydrogen-bond acceptors (Lipinski definition) is 4. The summed E-state index contributed by atoms with van der Waals surface area (Å²) in [6.45, 7) is 0. The van der Waals surface area contributed by atoms with Gasteiger partial charge in [0, 0.05) is 61.8 Å². The molecule has 0 fully saturated rings. The molecule has 0 spiro atoms. The molecule has 0 saturated carbocycles. The van der Waals surface area contributed by atoms with Crippen LogP contribution < -0.4 is 4.90 Å². The number of rotatable bonds is 5. The second-order valence-electron chi connectivity index (χ2n) is 12.4. The van der Waals surface area contributed by atoms with Gasteiger partial charge in [-0.2, -0.15) is 0 Å². The van der Waals surface area contributed by atoms with Gasteiger partial charge in [0.25, 0.3) is 0 Å². The van der Waals surface area contributed by atoms with Gasteiger partial charge in [0.2, 0.25) is 0 Å². The molecule has 0 unspecified atom stereocenters. The van der Waals surface area contributed by atoms with Crippen LogP contribution in [0.4, 0.5) is 17.1 Å². The first-order valence-electron chi connectivity index (χ1n) is 16.4. The molecule has 7 aromatic carbocycles. The maximum atomic E-state index is 6.45. The maximum Gasteiger partial charge on any atom is 0.143 e. The predicted molar refractivity (Wildman–Crippen MR) is 202 cm³/mol. The molecule has 230 valence electrons. The summed E-state index contributed by atoms with van der Waals surface area (Å²) in [6.07, 6.45) is 1.93. The van der Waals surface area contributed by atoms with Gasteiger partial charge < -0.3 is 13.7 Å². The van der Waals surface area contributed by atoms with Crippen molar-refractivity contribution in [2.75, 3.05) is 4.90 Å². The third-order valence-corrected chi connectivity index (χ3v) is 9.52. The Kier molecular flexibility index (Phi) is 6.15. The lowest BCUT2D eigenvalue weighted by molar-refractivity contribution is 0.669. The van der Waals surface area contributed by atoms with Crippen LogP contribution in [-0.4, -0.2) is 4.98 Å². The van der Waals surface area contributed by atoms with Gasteiger partial charge in [0.05, 0.1) is 5.69 Å². The van der Waals surface area contributed by atoms with Crippen molar-refractivity contribution in [3.05, 3.63) is 170 Å². The summed E-state index contributed by atoms with van der Waals surface area (Å²) in [4.78, 5) is 7.17. The number of fused-ring (bicyclic) bond motifs is 8. The fourth-order valence-electron chi connectivity index (χ4n) is 7.07. The Morgan fingerprint density at radius 3 is 1.86 bits per heavy atom. The quantitative estimate of drug-likeness (QED) is 0.190. The van der Waals surface area contributed by atoms with Gasteiger partial charge in [-0.1, -0.05) is 103 Å². The zero-order chi connectivity index (χ0) is 32.3. The standard InChI is InChI=1S/C45H28N2O2/c1-2-8-29(9-3-1)30-14-19-33(20-15-30)47(35-23-25-43-39(26-35)37-12-6-7-13-42(37)48-43)34-21-16-32(17-22-34)41-27-44-40(28-46-41)38-24-18-31-10-4-5-11-36(31)45(38)49-44/h1-28H. The lowest BCUT2D eigenvalue weighted by Crippen LogP contribution is -2.09. The van der Waals surface area contributed by atoms with E-state index in [0.717, 1.165) is 83.0 Å². The molecule has 0 N–H and O–H groups in total. The molecular weight excluding hydrogens is 601 g/mol. The van der Waals surface area contributed by atoms with E-state index in [1.807, 2.05) is 24.4 Å². The largest absolute Gasteiger partial charge is 0.456 e. The van der Waals surface area contributed by atoms with E-state index in [9.17, 15) is 0 Å². The van der Waals surface area contributed by atoms with Gasteiger partial charge in [0.15, 0.2) is 0 Å². The van der Waals surface area contributed by atoms with Crippen LogP contribution in [0.3, 0.4) is 0 Å². The minimum atomic E-state index is 0.834. The fraction of sp³-hybridized carbons (Fsp3) is 0. The van der Waals surface area contributed by atoms with Crippen molar-refractivity contribution in [3.63, 3.8) is 0 Å². The van der Waals surface area contributed by atoms with Crippen molar-refractivity contribution in [1.29, 1.82) is 0 Å². The minimum Gasteiger partial charge on any atom is -0.456 e. The van der Waals surface area contributed by atoms with Crippen LogP contribution in [0.5, 0.6) is 0 Å². The van der Waals surface area contributed by atoms with E-state index in [4.69, 9.17) is 13.8 Å². The van der Waals surface area contributed by atoms with Gasteiger partial charge in [-0.3, -0.25) is 4.98 Å². The SMILES string of the molecule is c1ccc(-c2ccc(N(c3ccc(-c4cc5oc6c7ccccc7ccc6c5cn4)cc3)c3ccc4oc5ccccc5c4c3)cc2)cc1. The van der Waals surface area contributed by atoms with E-state index in [1.54, 1.807) is 0 Å². The molecule has 3 heterocycles. The molecule has 4 nitrogen and oxygen atoms in total. The molecule has 49 heavy (non-hydrogen) atoms. The summed E-state index contributed by atoms with van der Waals surface area (Å²) in [5.41, 5.74) is 10.9. The first-order chi connectivity index (χ1) is 24.3. The monoisotopic (exact) mass is 628 g/mol. The van der Waals surface area contributed by atoms with Crippen LogP contribution >= 0.6 is 0 Å². The average Bonchev–Trinajstić information content (AvgIpc) is 3.74. The Morgan fingerprint density at radius 1 is 0.388 bits per heavy atom. The molecule has 4 heteroatoms. The Balaban J connectivity index is 1.06. The first-order valence-corrected chi connectivity index (χ1v) is 16.4. The number of nitrogens with zero attached hydrogens (tertiary/aromatic N) is 2. The van der Waals surface area contributed by atoms with E-state index >= 15 is 0 Å². The second-order valence-corrected chi connectivity index (χ2v) is 12.4. The van der Waals surface area contributed by atoms with Gasteiger partial charge >= 0.3 is 0 Å². The molecule has 0 aliphatic carbocycles. The number of aromatic nitrogens is 1. The van der Waals surface area contributed by atoms with Gasteiger partial charge in [0.1, 0.15) is 22.3 Å². The Hall–Kier alpha value is -6.65. The van der Waals surface area contributed by atoms with Crippen molar-refractivity contribution < 1.29 is 8.83 Å². The number of furan rings is 2. The number of benzene rings is 7. The molecular formula is C45H28N2O2. The molecule has 0 bridgehead atoms. The van der Waals surface area contributed by atoms with Crippen LogP contribution in [-0.2, 0) is 0 Å². The smallest absolute Gasteiger partial charge is 0.143 e. The highest BCUT2D eigenvalue weighted by Crippen LogP contribution is 2.40. The molecule has 0 aliphatic heterocycles. The third-order valence-electron chi connectivity index (χ3n) is 9.52. The molecule has 10 rings (SSSR count). The first kappa shape index (κ1) is 27.5. The molecule has 0 atom stereocenters. The predicted octanol–water partition coefficient (Wildman–Crippen LogP) is 12.8. The summed E-state index contributed by atoms with van der Waals surface area (Å²) in [6, 6.07) is 57.1. The summed E-state index contributed by atoms with van der Waals surface area (Å²) in [5.74, 6) is 0. The molecule has 0 aliphatic rings. The van der Waals surface area contributed by atoms with E-state index in [2.05, 4.69) is 150 Å². The molecule has 10 aromatic rings. The van der Waals surface area contributed by atoms with Crippen LogP contribution in [0.2, 0.25) is 0 Å². The second kappa shape index (κ2) is 11.0. The van der Waals surface area contributed by atoms with Gasteiger partial charge in [-0.15, -0.1) is 0 Å². The highest BCUT2D eigenvalue weighted by atomic mass is 16.3. The summed E-state index contributed by atoms with van der Waals surface area (Å²) in [5, 5.41) is 6.58. The lowest BCUT2D eigenvalue weighted by atomic mass is 10.0. The molecule has 3 aromatic heterocycles. The van der Waals surface area contributed by atoms with E-state index in [1.165, 1.54) is 11.1 Å². The van der Waals surface area contributed by atoms with Gasteiger partial charge in [-0.25, -0.2) is 0 Å². The van der Waals surface area contributed by atoms with Crippen LogP contribution in [0.1, 0.15) is 0 Å². The lowest BCUT2D eigenvalue weighted by Gasteiger charge is -2.26. The average molecular weight is 629 g/mol. The van der Waals surface area contributed by atoms with Crippen molar-refractivity contribution >= 4 is 71.7 Å². The maximum absolute atomic E-state index is 6.45. The van der Waals surface area contributed by atoms with E-state index < -0.39 is 0 Å². The van der Waals surface area contributed by atoms with Crippen molar-refractivity contribution in [2.45, 2.75) is 0 Å². The molecule has 0 saturated heterocycles. The number of pyridine rings is 1. The number of para-hydroxylation sites is 1. The zero-order valence-corrected chi connectivity index (χ0v) is 26.4. The Labute approximate surface area is 282 Å². The summed E-state index contributed by atoms with van der Waals surface area (Å²) >= 11 is 0. The summed E-state index contributed by atoms with van der Waals surface area (Å²) < 4.78 is 12.6. The van der Waals surface area contributed by atoms with E-state index in [-0.39, 0.29) is 0 Å². The highest BCUT2D eigenvalue weighted by molar-refractivity contribution is 6.15. The van der Waals surface area contributed by atoms with E-state index in [0.29, 0.717) is 0 Å². The normalized spacial score (nSPS) is 11.7. The van der Waals surface area contributed by atoms with Crippen LogP contribution in [0, 0.1) is 0 Å². The van der Waals surface area contributed by atoms with Crippen LogP contribution in [0.15, 0.2) is 179 Å². The van der Waals surface area contributed by atoms with Crippen molar-refractivity contribution in [1.82, 2.24) is 4.98 Å². The third kappa shape index (κ3) is 4.57. The Bertz CT molecular complexity index is 2810. The van der Waals surface area contributed by atoms with Crippen molar-refractivity contribution in [3.8, 4) is 22.4 Å². The zero-order valence-electron chi connectivity index (χ0n) is 26.4. The number of anilines is 3. The van der Waals surface area contributed by atoms with Gasteiger partial charge in [-0.05, 0) is 71.1 Å². The number of hydrogen-bond donors (Lipinski definition) is 0. The molecule has 0 amide bonds. The summed E-state index contributed by atoms with van der Waals surface area (Å²) in [7, 11) is 0. The van der Waals surface area contributed by atoms with Crippen molar-refractivity contribution in [2.24, 2.45) is 0 Å². The fourth-order valence-corrected chi connectivity index (χ4v) is 7.07. The topological polar surface area (TPSA) is 42.4 Å². The Morgan fingerprint density at radius 2 is 1.04 bits per heavy atom. The molecule has 0 radical (unpaired) electrons. The minimum absolute atomic E-state index is 0.834. The van der Waals surface area contributed by atoms with Crippen LogP contribution in [0.25, 0.3) is 77.0 Å².